The first-order chi connectivity index (χ1) is 14.0. The molecular formula is C20H29N5O3S. The summed E-state index contributed by atoms with van der Waals surface area (Å²) in [5.41, 5.74) is 0.900. The lowest BCUT2D eigenvalue weighted by Gasteiger charge is -2.26. The zero-order valence-electron chi connectivity index (χ0n) is 16.7. The third-order valence-electron chi connectivity index (χ3n) is 4.93. The highest BCUT2D eigenvalue weighted by molar-refractivity contribution is 7.89. The van der Waals surface area contributed by atoms with Gasteiger partial charge in [-0.05, 0) is 62.7 Å². The van der Waals surface area contributed by atoms with Crippen molar-refractivity contribution in [1.82, 2.24) is 15.5 Å². The van der Waals surface area contributed by atoms with Crippen LogP contribution in [-0.4, -0.2) is 45.5 Å². The van der Waals surface area contributed by atoms with Crippen molar-refractivity contribution >= 4 is 16.0 Å². The molecule has 1 aromatic carbocycles. The lowest BCUT2D eigenvalue weighted by molar-refractivity contribution is 0.215. The number of primary sulfonamides is 1. The Bertz CT molecular complexity index is 889. The molecule has 8 nitrogen and oxygen atoms in total. The highest BCUT2D eigenvalue weighted by Crippen LogP contribution is 2.24. The fourth-order valence-corrected chi connectivity index (χ4v) is 3.95. The number of nitrogens with two attached hydrogens (primary N) is 1. The summed E-state index contributed by atoms with van der Waals surface area (Å²) in [6, 6.07) is 10.5. The second-order valence-electron chi connectivity index (χ2n) is 7.04. The van der Waals surface area contributed by atoms with Gasteiger partial charge >= 0.3 is 0 Å². The van der Waals surface area contributed by atoms with Crippen LogP contribution >= 0.6 is 0 Å². The Morgan fingerprint density at radius 2 is 1.93 bits per heavy atom. The van der Waals surface area contributed by atoms with Gasteiger partial charge in [0, 0.05) is 13.1 Å². The number of sulfonamides is 1. The van der Waals surface area contributed by atoms with Gasteiger partial charge in [0.1, 0.15) is 5.76 Å². The molecule has 0 saturated carbocycles. The second kappa shape index (κ2) is 9.91. The molecule has 0 amide bonds. The van der Waals surface area contributed by atoms with E-state index in [1.165, 1.54) is 25.0 Å². The highest BCUT2D eigenvalue weighted by Gasteiger charge is 2.25. The van der Waals surface area contributed by atoms with Gasteiger partial charge in [-0.25, -0.2) is 18.5 Å². The molecule has 2 heterocycles. The molecule has 1 aromatic heterocycles. The Morgan fingerprint density at radius 3 is 2.52 bits per heavy atom. The first kappa shape index (κ1) is 21.4. The molecule has 0 aliphatic carbocycles. The molecule has 1 saturated heterocycles. The summed E-state index contributed by atoms with van der Waals surface area (Å²) in [6.07, 6.45) is 4.13. The van der Waals surface area contributed by atoms with Crippen LogP contribution < -0.4 is 15.8 Å². The third-order valence-corrected chi connectivity index (χ3v) is 5.86. The van der Waals surface area contributed by atoms with Crippen LogP contribution in [-0.2, 0) is 16.6 Å². The predicted molar refractivity (Wildman–Crippen MR) is 113 cm³/mol. The van der Waals surface area contributed by atoms with Crippen molar-refractivity contribution in [2.24, 2.45) is 10.1 Å². The Kier molecular flexibility index (Phi) is 7.29. The van der Waals surface area contributed by atoms with Gasteiger partial charge in [-0.1, -0.05) is 12.1 Å². The SMILES string of the molecule is CCNC(=NCc1ccc(S(N)(=O)=O)cc1)NCC(c1ccco1)N1CCCC1. The molecule has 29 heavy (non-hydrogen) atoms. The quantitative estimate of drug-likeness (QED) is 0.444. The Morgan fingerprint density at radius 1 is 1.21 bits per heavy atom. The number of hydrogen-bond acceptors (Lipinski definition) is 5. The standard InChI is InChI=1S/C20H29N5O3S/c1-2-22-20(23-14-16-7-9-17(10-8-16)29(21,26)27)24-15-18(19-6-5-13-28-19)25-11-3-4-12-25/h5-10,13,18H,2-4,11-12,14-15H2,1H3,(H2,21,26,27)(H2,22,23,24). The van der Waals surface area contributed by atoms with Gasteiger partial charge < -0.3 is 15.1 Å². The van der Waals surface area contributed by atoms with Crippen molar-refractivity contribution in [3.8, 4) is 0 Å². The molecule has 1 unspecified atom stereocenters. The van der Waals surface area contributed by atoms with Crippen LogP contribution in [0.3, 0.4) is 0 Å². The van der Waals surface area contributed by atoms with E-state index in [1.807, 2.05) is 19.1 Å². The summed E-state index contributed by atoms with van der Waals surface area (Å²) in [4.78, 5) is 7.15. The van der Waals surface area contributed by atoms with Crippen LogP contribution in [0.15, 0.2) is 57.0 Å². The normalized spacial score (nSPS) is 16.7. The molecule has 2 aromatic rings. The summed E-state index contributed by atoms with van der Waals surface area (Å²) in [6.45, 7) is 6.00. The Hall–Kier alpha value is -2.36. The van der Waals surface area contributed by atoms with Gasteiger partial charge in [0.2, 0.25) is 10.0 Å². The van der Waals surface area contributed by atoms with Crippen molar-refractivity contribution < 1.29 is 12.8 Å². The van der Waals surface area contributed by atoms with E-state index in [4.69, 9.17) is 9.56 Å². The average Bonchev–Trinajstić information content (AvgIpc) is 3.40. The number of benzene rings is 1. The third kappa shape index (κ3) is 6.06. The van der Waals surface area contributed by atoms with E-state index in [-0.39, 0.29) is 10.9 Å². The lowest BCUT2D eigenvalue weighted by Crippen LogP contribution is -2.42. The molecule has 3 rings (SSSR count). The first-order valence-corrected chi connectivity index (χ1v) is 11.4. The maximum absolute atomic E-state index is 11.4. The Balaban J connectivity index is 1.65. The number of likely N-dealkylation sites (tertiary alicyclic amines) is 1. The minimum atomic E-state index is -3.68. The summed E-state index contributed by atoms with van der Waals surface area (Å²) >= 11 is 0. The van der Waals surface area contributed by atoms with E-state index in [2.05, 4.69) is 20.5 Å². The molecule has 1 atom stereocenters. The topological polar surface area (TPSA) is 113 Å². The van der Waals surface area contributed by atoms with Crippen molar-refractivity contribution in [3.05, 3.63) is 54.0 Å². The number of nitrogens with one attached hydrogen (secondary N) is 2. The second-order valence-corrected chi connectivity index (χ2v) is 8.60. The molecule has 0 bridgehead atoms. The first-order valence-electron chi connectivity index (χ1n) is 9.88. The van der Waals surface area contributed by atoms with Crippen LogP contribution in [0.1, 0.15) is 37.1 Å². The summed E-state index contributed by atoms with van der Waals surface area (Å²) in [5, 5.41) is 11.8. The van der Waals surface area contributed by atoms with E-state index in [1.54, 1.807) is 18.4 Å². The van der Waals surface area contributed by atoms with Gasteiger partial charge in [-0.2, -0.15) is 0 Å². The van der Waals surface area contributed by atoms with E-state index >= 15 is 0 Å². The molecule has 1 aliphatic rings. The maximum Gasteiger partial charge on any atom is 0.238 e. The van der Waals surface area contributed by atoms with Crippen LogP contribution in [0.2, 0.25) is 0 Å². The van der Waals surface area contributed by atoms with Crippen molar-refractivity contribution in [3.63, 3.8) is 0 Å². The summed E-state index contributed by atoms with van der Waals surface area (Å²) < 4.78 is 28.4. The van der Waals surface area contributed by atoms with Gasteiger partial charge in [0.25, 0.3) is 0 Å². The average molecular weight is 420 g/mol. The molecular weight excluding hydrogens is 390 g/mol. The highest BCUT2D eigenvalue weighted by atomic mass is 32.2. The zero-order valence-corrected chi connectivity index (χ0v) is 17.5. The fourth-order valence-electron chi connectivity index (χ4n) is 3.43. The fraction of sp³-hybridized carbons (Fsp3) is 0.450. The maximum atomic E-state index is 11.4. The Labute approximate surface area is 172 Å². The molecule has 158 valence electrons. The summed E-state index contributed by atoms with van der Waals surface area (Å²) in [5.74, 6) is 1.66. The van der Waals surface area contributed by atoms with Crippen molar-refractivity contribution in [1.29, 1.82) is 0 Å². The van der Waals surface area contributed by atoms with Crippen molar-refractivity contribution in [2.75, 3.05) is 26.2 Å². The zero-order chi connectivity index (χ0) is 20.7. The molecule has 4 N–H and O–H groups in total. The van der Waals surface area contributed by atoms with Crippen LogP contribution in [0, 0.1) is 0 Å². The van der Waals surface area contributed by atoms with E-state index in [0.29, 0.717) is 19.0 Å². The van der Waals surface area contributed by atoms with Gasteiger partial charge in [0.15, 0.2) is 5.96 Å². The predicted octanol–water partition coefficient (Wildman–Crippen LogP) is 1.82. The molecule has 1 aliphatic heterocycles. The molecule has 0 radical (unpaired) electrons. The monoisotopic (exact) mass is 419 g/mol. The van der Waals surface area contributed by atoms with E-state index in [0.717, 1.165) is 31.0 Å². The van der Waals surface area contributed by atoms with Crippen molar-refractivity contribution in [2.45, 2.75) is 37.2 Å². The lowest BCUT2D eigenvalue weighted by atomic mass is 10.2. The number of hydrogen-bond donors (Lipinski definition) is 3. The largest absolute Gasteiger partial charge is 0.468 e. The van der Waals surface area contributed by atoms with Crippen LogP contribution in [0.4, 0.5) is 0 Å². The number of furan rings is 1. The minimum absolute atomic E-state index is 0.0992. The minimum Gasteiger partial charge on any atom is -0.468 e. The number of aliphatic imine (C=N–C) groups is 1. The van der Waals surface area contributed by atoms with Crippen LogP contribution in [0.5, 0.6) is 0 Å². The molecule has 1 fully saturated rings. The van der Waals surface area contributed by atoms with Gasteiger partial charge in [-0.3, -0.25) is 4.90 Å². The molecule has 0 spiro atoms. The van der Waals surface area contributed by atoms with Gasteiger partial charge in [-0.15, -0.1) is 0 Å². The number of rotatable bonds is 8. The van der Waals surface area contributed by atoms with E-state index in [9.17, 15) is 8.42 Å². The smallest absolute Gasteiger partial charge is 0.238 e. The van der Waals surface area contributed by atoms with E-state index < -0.39 is 10.0 Å². The number of guanidine groups is 1. The van der Waals surface area contributed by atoms with Crippen LogP contribution in [0.25, 0.3) is 0 Å². The number of nitrogens with zero attached hydrogens (tertiary/aromatic N) is 2. The van der Waals surface area contributed by atoms with Gasteiger partial charge in [0.05, 0.1) is 23.7 Å². The molecule has 9 heteroatoms. The summed E-state index contributed by atoms with van der Waals surface area (Å²) in [7, 11) is -3.68.